The standard InChI is InChI=1S/C21H31NO3/c1-16-6-5-9-19(14-16)25-15-20(23)22-12-10-18(11-13-22)21(24)17-7-3-2-4-8-17/h2-4,7-8,16,18-19,21,24H,5-6,9-15H2,1H3. The van der Waals surface area contributed by atoms with E-state index in [1.807, 2.05) is 35.2 Å². The fourth-order valence-electron chi connectivity index (χ4n) is 4.20. The molecule has 3 unspecified atom stereocenters. The second-order valence-electron chi connectivity index (χ2n) is 7.78. The van der Waals surface area contributed by atoms with Crippen molar-refractivity contribution >= 4 is 5.91 Å². The summed E-state index contributed by atoms with van der Waals surface area (Å²) in [7, 11) is 0. The van der Waals surface area contributed by atoms with Crippen LogP contribution in [0.25, 0.3) is 0 Å². The zero-order chi connectivity index (χ0) is 17.6. The first-order valence-corrected chi connectivity index (χ1v) is 9.76. The van der Waals surface area contributed by atoms with E-state index in [9.17, 15) is 9.90 Å². The topological polar surface area (TPSA) is 49.8 Å². The molecule has 25 heavy (non-hydrogen) atoms. The molecule has 1 aromatic carbocycles. The van der Waals surface area contributed by atoms with Gasteiger partial charge < -0.3 is 14.7 Å². The minimum Gasteiger partial charge on any atom is -0.388 e. The molecule has 2 fully saturated rings. The number of benzene rings is 1. The zero-order valence-corrected chi connectivity index (χ0v) is 15.3. The van der Waals surface area contributed by atoms with Crippen molar-refractivity contribution in [1.29, 1.82) is 0 Å². The molecule has 1 aliphatic carbocycles. The molecule has 1 heterocycles. The third kappa shape index (κ3) is 5.05. The zero-order valence-electron chi connectivity index (χ0n) is 15.3. The van der Waals surface area contributed by atoms with Gasteiger partial charge in [0, 0.05) is 13.1 Å². The lowest BCUT2D eigenvalue weighted by Crippen LogP contribution is -2.42. The van der Waals surface area contributed by atoms with E-state index in [0.29, 0.717) is 5.92 Å². The highest BCUT2D eigenvalue weighted by molar-refractivity contribution is 5.77. The summed E-state index contributed by atoms with van der Waals surface area (Å²) in [4.78, 5) is 14.3. The molecule has 0 radical (unpaired) electrons. The molecule has 4 nitrogen and oxygen atoms in total. The van der Waals surface area contributed by atoms with Gasteiger partial charge in [-0.05, 0) is 43.1 Å². The average Bonchev–Trinajstić information content (AvgIpc) is 2.66. The Balaban J connectivity index is 1.41. The first-order chi connectivity index (χ1) is 12.1. The number of likely N-dealkylation sites (tertiary alicyclic amines) is 1. The first-order valence-electron chi connectivity index (χ1n) is 9.76. The van der Waals surface area contributed by atoms with Crippen LogP contribution in [0.3, 0.4) is 0 Å². The summed E-state index contributed by atoms with van der Waals surface area (Å²) in [5, 5.41) is 10.5. The number of aliphatic hydroxyl groups is 1. The van der Waals surface area contributed by atoms with Crippen molar-refractivity contribution in [3.8, 4) is 0 Å². The van der Waals surface area contributed by atoms with Gasteiger partial charge in [0.25, 0.3) is 0 Å². The van der Waals surface area contributed by atoms with E-state index in [-0.39, 0.29) is 24.5 Å². The SMILES string of the molecule is CC1CCCC(OCC(=O)N2CCC(C(O)c3ccccc3)CC2)C1. The maximum atomic E-state index is 12.4. The highest BCUT2D eigenvalue weighted by Crippen LogP contribution is 2.31. The molecule has 1 saturated carbocycles. The fourth-order valence-corrected chi connectivity index (χ4v) is 4.20. The van der Waals surface area contributed by atoms with Crippen LogP contribution in [0.2, 0.25) is 0 Å². The number of hydrogen-bond donors (Lipinski definition) is 1. The molecule has 1 saturated heterocycles. The van der Waals surface area contributed by atoms with Crippen molar-refractivity contribution in [1.82, 2.24) is 4.90 Å². The number of nitrogens with zero attached hydrogens (tertiary/aromatic N) is 1. The second kappa shape index (κ2) is 8.81. The van der Waals surface area contributed by atoms with Gasteiger partial charge in [-0.3, -0.25) is 4.79 Å². The maximum Gasteiger partial charge on any atom is 0.248 e. The summed E-state index contributed by atoms with van der Waals surface area (Å²) in [6.45, 7) is 3.92. The predicted molar refractivity (Wildman–Crippen MR) is 98.1 cm³/mol. The number of carbonyl (C=O) groups excluding carboxylic acids is 1. The van der Waals surface area contributed by atoms with Crippen LogP contribution in [-0.2, 0) is 9.53 Å². The van der Waals surface area contributed by atoms with E-state index in [0.717, 1.165) is 44.3 Å². The Morgan fingerprint density at radius 3 is 2.60 bits per heavy atom. The average molecular weight is 345 g/mol. The molecule has 1 aliphatic heterocycles. The Kier molecular flexibility index (Phi) is 6.49. The molecule has 0 bridgehead atoms. The molecule has 0 aromatic heterocycles. The summed E-state index contributed by atoms with van der Waals surface area (Å²) in [6, 6.07) is 9.83. The van der Waals surface area contributed by atoms with Gasteiger partial charge in [-0.15, -0.1) is 0 Å². The van der Waals surface area contributed by atoms with Gasteiger partial charge in [0.2, 0.25) is 5.91 Å². The highest BCUT2D eigenvalue weighted by atomic mass is 16.5. The van der Waals surface area contributed by atoms with Crippen LogP contribution >= 0.6 is 0 Å². The second-order valence-corrected chi connectivity index (χ2v) is 7.78. The molecule has 2 aliphatic rings. The van der Waals surface area contributed by atoms with E-state index in [2.05, 4.69) is 6.92 Å². The summed E-state index contributed by atoms with van der Waals surface area (Å²) in [5.74, 6) is 1.04. The van der Waals surface area contributed by atoms with Gasteiger partial charge in [0.15, 0.2) is 0 Å². The molecule has 138 valence electrons. The van der Waals surface area contributed by atoms with Crippen molar-refractivity contribution < 1.29 is 14.6 Å². The van der Waals surface area contributed by atoms with Crippen molar-refractivity contribution in [3.63, 3.8) is 0 Å². The number of carbonyl (C=O) groups is 1. The lowest BCUT2D eigenvalue weighted by atomic mass is 9.87. The van der Waals surface area contributed by atoms with E-state index in [1.54, 1.807) is 0 Å². The van der Waals surface area contributed by atoms with Crippen LogP contribution in [0.1, 0.15) is 57.1 Å². The molecule has 0 spiro atoms. The lowest BCUT2D eigenvalue weighted by Gasteiger charge is -2.35. The molecule has 3 rings (SSSR count). The van der Waals surface area contributed by atoms with Crippen LogP contribution in [0.4, 0.5) is 0 Å². The quantitative estimate of drug-likeness (QED) is 0.888. The van der Waals surface area contributed by atoms with Gasteiger partial charge in [-0.25, -0.2) is 0 Å². The highest BCUT2D eigenvalue weighted by Gasteiger charge is 2.29. The molecule has 1 N–H and O–H groups in total. The Labute approximate surface area is 151 Å². The summed E-state index contributed by atoms with van der Waals surface area (Å²) < 4.78 is 5.87. The van der Waals surface area contributed by atoms with Crippen LogP contribution < -0.4 is 0 Å². The minimum atomic E-state index is -0.432. The Morgan fingerprint density at radius 2 is 1.92 bits per heavy atom. The van der Waals surface area contributed by atoms with Gasteiger partial charge >= 0.3 is 0 Å². The van der Waals surface area contributed by atoms with Crippen LogP contribution in [0.15, 0.2) is 30.3 Å². The third-order valence-electron chi connectivity index (χ3n) is 5.81. The van der Waals surface area contributed by atoms with Crippen molar-refractivity contribution in [2.75, 3.05) is 19.7 Å². The molecular formula is C21H31NO3. The number of amides is 1. The smallest absolute Gasteiger partial charge is 0.248 e. The number of piperidine rings is 1. The Bertz CT molecular complexity index is 539. The monoisotopic (exact) mass is 345 g/mol. The minimum absolute atomic E-state index is 0.103. The van der Waals surface area contributed by atoms with E-state index in [4.69, 9.17) is 4.74 Å². The summed E-state index contributed by atoms with van der Waals surface area (Å²) in [5.41, 5.74) is 0.974. The molecular weight excluding hydrogens is 314 g/mol. The van der Waals surface area contributed by atoms with E-state index < -0.39 is 6.10 Å². The van der Waals surface area contributed by atoms with E-state index >= 15 is 0 Å². The normalized spacial score (nSPS) is 26.4. The number of ether oxygens (including phenoxy) is 1. The van der Waals surface area contributed by atoms with Gasteiger partial charge in [-0.2, -0.15) is 0 Å². The maximum absolute atomic E-state index is 12.4. The molecule has 1 aromatic rings. The van der Waals surface area contributed by atoms with Gasteiger partial charge in [0.05, 0.1) is 12.2 Å². The summed E-state index contributed by atoms with van der Waals surface area (Å²) in [6.07, 6.45) is 6.18. The van der Waals surface area contributed by atoms with Crippen molar-refractivity contribution in [3.05, 3.63) is 35.9 Å². The molecule has 3 atom stereocenters. The summed E-state index contributed by atoms with van der Waals surface area (Å²) >= 11 is 0. The first kappa shape index (κ1) is 18.4. The van der Waals surface area contributed by atoms with Crippen molar-refractivity contribution in [2.45, 2.75) is 57.7 Å². The van der Waals surface area contributed by atoms with Crippen molar-refractivity contribution in [2.24, 2.45) is 11.8 Å². The number of hydrogen-bond acceptors (Lipinski definition) is 3. The third-order valence-corrected chi connectivity index (χ3v) is 5.81. The van der Waals surface area contributed by atoms with Crippen LogP contribution in [-0.4, -0.2) is 41.7 Å². The van der Waals surface area contributed by atoms with Crippen LogP contribution in [0, 0.1) is 11.8 Å². The molecule has 1 amide bonds. The van der Waals surface area contributed by atoms with E-state index in [1.165, 1.54) is 12.8 Å². The molecule has 4 heteroatoms. The Morgan fingerprint density at radius 1 is 1.20 bits per heavy atom. The Hall–Kier alpha value is -1.39. The van der Waals surface area contributed by atoms with Gasteiger partial charge in [0.1, 0.15) is 6.61 Å². The predicted octanol–water partition coefficient (Wildman–Crippen LogP) is 3.55. The van der Waals surface area contributed by atoms with Crippen LogP contribution in [0.5, 0.6) is 0 Å². The van der Waals surface area contributed by atoms with Gasteiger partial charge in [-0.1, -0.05) is 50.1 Å². The lowest BCUT2D eigenvalue weighted by molar-refractivity contribution is -0.141. The number of rotatable bonds is 5. The fraction of sp³-hybridized carbons (Fsp3) is 0.667. The number of aliphatic hydroxyl groups excluding tert-OH is 1. The largest absolute Gasteiger partial charge is 0.388 e.